The molecule has 1 aromatic rings. The van der Waals surface area contributed by atoms with Crippen molar-refractivity contribution in [2.75, 3.05) is 39.8 Å². The molecular weight excluding hydrogens is 266 g/mol. The Morgan fingerprint density at radius 2 is 1.85 bits per heavy atom. The first-order chi connectivity index (χ1) is 9.58. The molecule has 1 saturated heterocycles. The van der Waals surface area contributed by atoms with Crippen LogP contribution in [0.4, 0.5) is 0 Å². The molecule has 1 aromatic heterocycles. The summed E-state index contributed by atoms with van der Waals surface area (Å²) in [5.74, 6) is 0.782. The van der Waals surface area contributed by atoms with E-state index in [1.165, 1.54) is 48.0 Å². The molecule has 0 bridgehead atoms. The third-order valence-electron chi connectivity index (χ3n) is 3.90. The lowest BCUT2D eigenvalue weighted by atomic mass is 10.1. The lowest BCUT2D eigenvalue weighted by molar-refractivity contribution is 0.117. The van der Waals surface area contributed by atoms with Gasteiger partial charge in [-0.1, -0.05) is 13.8 Å². The molecular formula is C16H29N3S. The highest BCUT2D eigenvalue weighted by atomic mass is 32.1. The summed E-state index contributed by atoms with van der Waals surface area (Å²) < 4.78 is 0. The molecule has 2 heterocycles. The van der Waals surface area contributed by atoms with E-state index in [1.54, 1.807) is 0 Å². The van der Waals surface area contributed by atoms with E-state index >= 15 is 0 Å². The van der Waals surface area contributed by atoms with E-state index in [-0.39, 0.29) is 0 Å². The van der Waals surface area contributed by atoms with Crippen LogP contribution in [0.2, 0.25) is 0 Å². The van der Waals surface area contributed by atoms with Gasteiger partial charge in [0.15, 0.2) is 0 Å². The van der Waals surface area contributed by atoms with E-state index in [1.807, 2.05) is 18.4 Å². The van der Waals surface area contributed by atoms with Crippen LogP contribution in [0.25, 0.3) is 0 Å². The molecule has 2 rings (SSSR count). The Hall–Kier alpha value is -0.420. The van der Waals surface area contributed by atoms with Gasteiger partial charge in [-0.2, -0.15) is 0 Å². The van der Waals surface area contributed by atoms with E-state index < -0.39 is 0 Å². The van der Waals surface area contributed by atoms with Gasteiger partial charge in [0, 0.05) is 55.6 Å². The number of rotatable bonds is 6. The lowest BCUT2D eigenvalue weighted by Crippen LogP contribution is -2.46. The predicted molar refractivity (Wildman–Crippen MR) is 88.4 cm³/mol. The molecule has 0 aromatic carbocycles. The highest BCUT2D eigenvalue weighted by Gasteiger charge is 2.18. The van der Waals surface area contributed by atoms with Crippen molar-refractivity contribution >= 4 is 11.3 Å². The van der Waals surface area contributed by atoms with Crippen molar-refractivity contribution in [1.82, 2.24) is 15.1 Å². The second-order valence-electron chi connectivity index (χ2n) is 6.30. The Kier molecular flexibility index (Phi) is 6.02. The fourth-order valence-corrected chi connectivity index (χ4v) is 3.96. The van der Waals surface area contributed by atoms with E-state index in [9.17, 15) is 0 Å². The molecule has 1 fully saturated rings. The van der Waals surface area contributed by atoms with Gasteiger partial charge in [-0.25, -0.2) is 0 Å². The summed E-state index contributed by atoms with van der Waals surface area (Å²) in [5, 5.41) is 3.24. The zero-order valence-corrected chi connectivity index (χ0v) is 14.2. The summed E-state index contributed by atoms with van der Waals surface area (Å²) in [6.45, 7) is 15.1. The molecule has 0 radical (unpaired) electrons. The first-order valence-corrected chi connectivity index (χ1v) is 8.57. The van der Waals surface area contributed by atoms with Gasteiger partial charge in [-0.15, -0.1) is 11.3 Å². The van der Waals surface area contributed by atoms with Gasteiger partial charge in [0.1, 0.15) is 0 Å². The van der Waals surface area contributed by atoms with Gasteiger partial charge in [0.05, 0.1) is 0 Å². The minimum absolute atomic E-state index is 0.782. The average Bonchev–Trinajstić information content (AvgIpc) is 2.72. The van der Waals surface area contributed by atoms with Gasteiger partial charge < -0.3 is 10.2 Å². The maximum absolute atomic E-state index is 3.24. The Balaban J connectivity index is 1.83. The first-order valence-electron chi connectivity index (χ1n) is 7.76. The second-order valence-corrected chi connectivity index (χ2v) is 7.64. The van der Waals surface area contributed by atoms with E-state index in [0.29, 0.717) is 0 Å². The minimum Gasteiger partial charge on any atom is -0.315 e. The van der Waals surface area contributed by atoms with Crippen molar-refractivity contribution in [2.45, 2.75) is 33.9 Å². The van der Waals surface area contributed by atoms with Gasteiger partial charge in [0.2, 0.25) is 0 Å². The van der Waals surface area contributed by atoms with Crippen LogP contribution in [0, 0.1) is 12.8 Å². The zero-order chi connectivity index (χ0) is 14.5. The van der Waals surface area contributed by atoms with Gasteiger partial charge >= 0.3 is 0 Å². The Labute approximate surface area is 128 Å². The molecule has 0 amide bonds. The summed E-state index contributed by atoms with van der Waals surface area (Å²) in [6, 6.07) is 2.39. The summed E-state index contributed by atoms with van der Waals surface area (Å²) in [5.41, 5.74) is 1.53. The molecule has 1 aliphatic rings. The number of aryl methyl sites for hydroxylation is 1. The quantitative estimate of drug-likeness (QED) is 0.870. The smallest absolute Gasteiger partial charge is 0.0296 e. The summed E-state index contributed by atoms with van der Waals surface area (Å²) in [6.07, 6.45) is 0. The van der Waals surface area contributed by atoms with Crippen LogP contribution in [0.1, 0.15) is 29.2 Å². The number of nitrogens with zero attached hydrogens (tertiary/aromatic N) is 2. The van der Waals surface area contributed by atoms with Crippen LogP contribution in [0.3, 0.4) is 0 Å². The van der Waals surface area contributed by atoms with Crippen molar-refractivity contribution in [3.8, 4) is 0 Å². The SMILES string of the molecule is CNCc1cc(CN2CCN(CC(C)C)CC2)c(C)s1. The van der Waals surface area contributed by atoms with E-state index in [0.717, 1.165) is 19.0 Å². The molecule has 0 atom stereocenters. The monoisotopic (exact) mass is 295 g/mol. The molecule has 20 heavy (non-hydrogen) atoms. The fraction of sp³-hybridized carbons (Fsp3) is 0.750. The molecule has 0 saturated carbocycles. The molecule has 4 heteroatoms. The number of hydrogen-bond acceptors (Lipinski definition) is 4. The lowest BCUT2D eigenvalue weighted by Gasteiger charge is -2.35. The van der Waals surface area contributed by atoms with Crippen molar-refractivity contribution in [3.63, 3.8) is 0 Å². The fourth-order valence-electron chi connectivity index (χ4n) is 2.89. The van der Waals surface area contributed by atoms with Crippen LogP contribution in [0.5, 0.6) is 0 Å². The number of nitrogens with one attached hydrogen (secondary N) is 1. The highest BCUT2D eigenvalue weighted by Crippen LogP contribution is 2.23. The predicted octanol–water partition coefficient (Wildman–Crippen LogP) is 2.55. The second kappa shape index (κ2) is 7.55. The molecule has 3 nitrogen and oxygen atoms in total. The highest BCUT2D eigenvalue weighted by molar-refractivity contribution is 7.12. The Morgan fingerprint density at radius 3 is 2.45 bits per heavy atom. The van der Waals surface area contributed by atoms with Crippen LogP contribution in [-0.2, 0) is 13.1 Å². The molecule has 0 spiro atoms. The molecule has 0 unspecified atom stereocenters. The maximum atomic E-state index is 3.24. The van der Waals surface area contributed by atoms with E-state index in [4.69, 9.17) is 0 Å². The zero-order valence-electron chi connectivity index (χ0n) is 13.4. The van der Waals surface area contributed by atoms with Crippen LogP contribution in [-0.4, -0.2) is 49.6 Å². The van der Waals surface area contributed by atoms with Crippen LogP contribution < -0.4 is 5.32 Å². The van der Waals surface area contributed by atoms with E-state index in [2.05, 4.69) is 42.0 Å². The largest absolute Gasteiger partial charge is 0.315 e. The van der Waals surface area contributed by atoms with Crippen LogP contribution >= 0.6 is 11.3 Å². The van der Waals surface area contributed by atoms with Crippen molar-refractivity contribution in [2.24, 2.45) is 5.92 Å². The minimum atomic E-state index is 0.782. The molecule has 1 N–H and O–H groups in total. The summed E-state index contributed by atoms with van der Waals surface area (Å²) in [4.78, 5) is 8.15. The standard InChI is InChI=1S/C16H29N3S/c1-13(2)11-18-5-7-19(8-6-18)12-15-9-16(10-17-4)20-14(15)3/h9,13,17H,5-8,10-12H2,1-4H3. The summed E-state index contributed by atoms with van der Waals surface area (Å²) in [7, 11) is 2.02. The first kappa shape index (κ1) is 16.0. The third kappa shape index (κ3) is 4.55. The van der Waals surface area contributed by atoms with Crippen molar-refractivity contribution in [3.05, 3.63) is 21.4 Å². The number of thiophene rings is 1. The van der Waals surface area contributed by atoms with Gasteiger partial charge in [0.25, 0.3) is 0 Å². The third-order valence-corrected chi connectivity index (χ3v) is 5.00. The molecule has 114 valence electrons. The summed E-state index contributed by atoms with van der Waals surface area (Å²) >= 11 is 1.94. The topological polar surface area (TPSA) is 18.5 Å². The molecule has 0 aliphatic carbocycles. The Bertz CT molecular complexity index is 406. The molecule has 1 aliphatic heterocycles. The normalized spacial score (nSPS) is 18.1. The van der Waals surface area contributed by atoms with Crippen LogP contribution in [0.15, 0.2) is 6.07 Å². The van der Waals surface area contributed by atoms with Crippen molar-refractivity contribution < 1.29 is 0 Å². The maximum Gasteiger partial charge on any atom is 0.0296 e. The van der Waals surface area contributed by atoms with Crippen molar-refractivity contribution in [1.29, 1.82) is 0 Å². The number of hydrogen-bond donors (Lipinski definition) is 1. The Morgan fingerprint density at radius 1 is 1.20 bits per heavy atom. The van der Waals surface area contributed by atoms with Gasteiger partial charge in [-0.3, -0.25) is 4.90 Å². The average molecular weight is 295 g/mol. The van der Waals surface area contributed by atoms with Gasteiger partial charge in [-0.05, 0) is 31.5 Å². The number of piperazine rings is 1.